The number of aliphatic hydroxyl groups excluding tert-OH is 1. The van der Waals surface area contributed by atoms with E-state index in [1.165, 1.54) is 19.1 Å². The van der Waals surface area contributed by atoms with E-state index in [2.05, 4.69) is 5.32 Å². The Labute approximate surface area is 138 Å². The molecule has 0 aliphatic carbocycles. The summed E-state index contributed by atoms with van der Waals surface area (Å²) in [6.45, 7) is 2.69. The van der Waals surface area contributed by atoms with Gasteiger partial charge in [0.15, 0.2) is 12.1 Å². The lowest BCUT2D eigenvalue weighted by Gasteiger charge is -2.19. The van der Waals surface area contributed by atoms with Crippen molar-refractivity contribution in [2.24, 2.45) is 0 Å². The average Bonchev–Trinajstić information content (AvgIpc) is 2.47. The number of esters is 1. The second-order valence-electron chi connectivity index (χ2n) is 4.33. The number of ether oxygens (including phenoxy) is 2. The highest BCUT2D eigenvalue weighted by Gasteiger charge is 2.25. The molecular weight excluding hydrogens is 333 g/mol. The van der Waals surface area contributed by atoms with Gasteiger partial charge in [-0.15, -0.1) is 0 Å². The molecule has 2 atom stereocenters. The number of carbonyl (C=O) groups is 2. The van der Waals surface area contributed by atoms with E-state index in [1.54, 1.807) is 13.0 Å². The first-order chi connectivity index (χ1) is 10.4. The van der Waals surface area contributed by atoms with Crippen LogP contribution in [0.15, 0.2) is 18.2 Å². The van der Waals surface area contributed by atoms with Crippen LogP contribution in [0.25, 0.3) is 0 Å². The first kappa shape index (κ1) is 18.5. The molecule has 0 saturated heterocycles. The van der Waals surface area contributed by atoms with Gasteiger partial charge in [0.2, 0.25) is 0 Å². The molecule has 0 heterocycles. The van der Waals surface area contributed by atoms with Crippen LogP contribution in [0, 0.1) is 0 Å². The number of benzene rings is 1. The van der Waals surface area contributed by atoms with E-state index >= 15 is 0 Å². The Bertz CT molecular complexity index is 538. The maximum absolute atomic E-state index is 12.0. The van der Waals surface area contributed by atoms with Crippen LogP contribution < -0.4 is 10.1 Å². The molecule has 1 rings (SSSR count). The molecule has 2 N–H and O–H groups in total. The summed E-state index contributed by atoms with van der Waals surface area (Å²) in [7, 11) is 0. The zero-order chi connectivity index (χ0) is 16.7. The predicted molar refractivity (Wildman–Crippen MR) is 82.2 cm³/mol. The largest absolute Gasteiger partial charge is 0.479 e. The van der Waals surface area contributed by atoms with Crippen molar-refractivity contribution in [3.05, 3.63) is 28.2 Å². The summed E-state index contributed by atoms with van der Waals surface area (Å²) in [5.41, 5.74) is 0. The maximum Gasteiger partial charge on any atom is 0.331 e. The van der Waals surface area contributed by atoms with E-state index < -0.39 is 30.6 Å². The zero-order valence-corrected chi connectivity index (χ0v) is 13.6. The van der Waals surface area contributed by atoms with Gasteiger partial charge in [0.1, 0.15) is 5.75 Å². The van der Waals surface area contributed by atoms with Gasteiger partial charge in [-0.3, -0.25) is 4.79 Å². The Morgan fingerprint density at radius 3 is 2.59 bits per heavy atom. The fourth-order valence-electron chi connectivity index (χ4n) is 1.53. The molecule has 0 aliphatic rings. The molecule has 0 aromatic heterocycles. The minimum absolute atomic E-state index is 0.150. The molecule has 0 aliphatic heterocycles. The molecule has 122 valence electrons. The van der Waals surface area contributed by atoms with Crippen LogP contribution >= 0.6 is 23.2 Å². The van der Waals surface area contributed by atoms with E-state index in [4.69, 9.17) is 37.8 Å². The van der Waals surface area contributed by atoms with Crippen LogP contribution in [-0.2, 0) is 14.3 Å². The van der Waals surface area contributed by atoms with E-state index in [1.807, 2.05) is 0 Å². The van der Waals surface area contributed by atoms with Gasteiger partial charge >= 0.3 is 5.97 Å². The van der Waals surface area contributed by atoms with Crippen molar-refractivity contribution in [1.82, 2.24) is 5.32 Å². The Morgan fingerprint density at radius 1 is 1.36 bits per heavy atom. The van der Waals surface area contributed by atoms with Crippen molar-refractivity contribution in [2.45, 2.75) is 26.0 Å². The molecular formula is C14H17Cl2NO5. The summed E-state index contributed by atoms with van der Waals surface area (Å²) in [5.74, 6) is -1.02. The molecule has 0 bridgehead atoms. The van der Waals surface area contributed by atoms with Crippen LogP contribution in [0.2, 0.25) is 10.0 Å². The van der Waals surface area contributed by atoms with Crippen LogP contribution in [0.1, 0.15) is 13.8 Å². The quantitative estimate of drug-likeness (QED) is 0.733. The van der Waals surface area contributed by atoms with Crippen molar-refractivity contribution < 1.29 is 24.2 Å². The van der Waals surface area contributed by atoms with Gasteiger partial charge in [-0.25, -0.2) is 4.79 Å². The fourth-order valence-corrected chi connectivity index (χ4v) is 1.98. The van der Waals surface area contributed by atoms with E-state index in [0.717, 1.165) is 0 Å². The topological polar surface area (TPSA) is 84.9 Å². The number of halogens is 2. The van der Waals surface area contributed by atoms with Gasteiger partial charge < -0.3 is 19.9 Å². The molecule has 0 radical (unpaired) electrons. The first-order valence-electron chi connectivity index (χ1n) is 6.58. The minimum Gasteiger partial charge on any atom is -0.479 e. The van der Waals surface area contributed by atoms with Gasteiger partial charge in [0, 0.05) is 5.02 Å². The Kier molecular flexibility index (Phi) is 7.44. The summed E-state index contributed by atoms with van der Waals surface area (Å²) in [6.07, 6.45) is -0.929. The predicted octanol–water partition coefficient (Wildman–Crippen LogP) is 1.80. The van der Waals surface area contributed by atoms with Crippen LogP contribution in [-0.4, -0.2) is 42.3 Å². The van der Waals surface area contributed by atoms with Crippen molar-refractivity contribution in [1.29, 1.82) is 0 Å². The molecule has 1 amide bonds. The summed E-state index contributed by atoms with van der Waals surface area (Å²) < 4.78 is 10.1. The average molecular weight is 350 g/mol. The lowest BCUT2D eigenvalue weighted by Crippen LogP contribution is -2.48. The number of hydrogen-bond donors (Lipinski definition) is 2. The lowest BCUT2D eigenvalue weighted by atomic mass is 10.2. The van der Waals surface area contributed by atoms with Crippen LogP contribution in [0.3, 0.4) is 0 Å². The lowest BCUT2D eigenvalue weighted by molar-refractivity contribution is -0.149. The summed E-state index contributed by atoms with van der Waals surface area (Å²) in [4.78, 5) is 23.5. The second kappa shape index (κ2) is 8.82. The molecule has 6 nitrogen and oxygen atoms in total. The third kappa shape index (κ3) is 5.36. The van der Waals surface area contributed by atoms with Gasteiger partial charge in [-0.2, -0.15) is 0 Å². The normalized spacial score (nSPS) is 13.1. The molecule has 0 saturated carbocycles. The molecule has 1 aromatic carbocycles. The SMILES string of the molecule is CCOC(=O)[C@H](CO)NC(=O)[C@@H](C)Oc1ccc(Cl)cc1Cl. The number of rotatable bonds is 7. The first-order valence-corrected chi connectivity index (χ1v) is 7.34. The van der Waals surface area contributed by atoms with Crippen LogP contribution in [0.4, 0.5) is 0 Å². The highest BCUT2D eigenvalue weighted by Crippen LogP contribution is 2.28. The fraction of sp³-hybridized carbons (Fsp3) is 0.429. The molecule has 0 unspecified atom stereocenters. The number of aliphatic hydroxyl groups is 1. The van der Waals surface area contributed by atoms with Gasteiger partial charge in [-0.1, -0.05) is 23.2 Å². The summed E-state index contributed by atoms with van der Waals surface area (Å²) >= 11 is 11.7. The Balaban J connectivity index is 2.66. The highest BCUT2D eigenvalue weighted by molar-refractivity contribution is 6.35. The number of amides is 1. The standard InChI is InChI=1S/C14H17Cl2NO5/c1-3-21-14(20)11(7-18)17-13(19)8(2)22-12-5-4-9(15)6-10(12)16/h4-6,8,11,18H,3,7H2,1-2H3,(H,17,19)/t8-,11+/m1/s1. The minimum atomic E-state index is -1.14. The monoisotopic (exact) mass is 349 g/mol. The summed E-state index contributed by atoms with van der Waals surface area (Å²) in [5, 5.41) is 12.2. The maximum atomic E-state index is 12.0. The molecule has 0 fully saturated rings. The van der Waals surface area contributed by atoms with Crippen molar-refractivity contribution in [2.75, 3.05) is 13.2 Å². The highest BCUT2D eigenvalue weighted by atomic mass is 35.5. The number of carbonyl (C=O) groups excluding carboxylic acids is 2. The van der Waals surface area contributed by atoms with Gasteiger partial charge in [-0.05, 0) is 32.0 Å². The van der Waals surface area contributed by atoms with Crippen molar-refractivity contribution in [3.8, 4) is 5.75 Å². The third-order valence-corrected chi connectivity index (χ3v) is 3.17. The van der Waals surface area contributed by atoms with Crippen LogP contribution in [0.5, 0.6) is 5.75 Å². The smallest absolute Gasteiger partial charge is 0.331 e. The van der Waals surface area contributed by atoms with Crippen molar-refractivity contribution >= 4 is 35.1 Å². The van der Waals surface area contributed by atoms with E-state index in [9.17, 15) is 9.59 Å². The van der Waals surface area contributed by atoms with Crippen molar-refractivity contribution in [3.63, 3.8) is 0 Å². The van der Waals surface area contributed by atoms with Gasteiger partial charge in [0.05, 0.1) is 18.2 Å². The summed E-state index contributed by atoms with van der Waals surface area (Å²) in [6, 6.07) is 3.45. The second-order valence-corrected chi connectivity index (χ2v) is 5.17. The molecule has 0 spiro atoms. The number of nitrogens with one attached hydrogen (secondary N) is 1. The Morgan fingerprint density at radius 2 is 2.05 bits per heavy atom. The molecule has 22 heavy (non-hydrogen) atoms. The van der Waals surface area contributed by atoms with E-state index in [0.29, 0.717) is 5.02 Å². The third-order valence-electron chi connectivity index (χ3n) is 2.64. The number of hydrogen-bond acceptors (Lipinski definition) is 5. The van der Waals surface area contributed by atoms with E-state index in [-0.39, 0.29) is 17.4 Å². The zero-order valence-electron chi connectivity index (χ0n) is 12.1. The Hall–Kier alpha value is -1.50. The molecule has 8 heteroatoms. The molecule has 1 aromatic rings. The van der Waals surface area contributed by atoms with Gasteiger partial charge in [0.25, 0.3) is 5.91 Å².